The van der Waals surface area contributed by atoms with Gasteiger partial charge < -0.3 is 15.4 Å². The summed E-state index contributed by atoms with van der Waals surface area (Å²) >= 11 is 0.941. The van der Waals surface area contributed by atoms with Crippen LogP contribution in [0.15, 0.2) is 59.4 Å². The molecule has 0 atom stereocenters. The van der Waals surface area contributed by atoms with Crippen molar-refractivity contribution >= 4 is 45.5 Å². The summed E-state index contributed by atoms with van der Waals surface area (Å²) in [4.78, 5) is 55.5. The molecule has 2 heterocycles. The van der Waals surface area contributed by atoms with Crippen LogP contribution in [0.2, 0.25) is 0 Å². The highest BCUT2D eigenvalue weighted by atomic mass is 32.1. The van der Waals surface area contributed by atoms with Gasteiger partial charge >= 0.3 is 5.97 Å². The van der Waals surface area contributed by atoms with Crippen molar-refractivity contribution in [2.24, 2.45) is 0 Å². The largest absolute Gasteiger partial charge is 0.465 e. The lowest BCUT2D eigenvalue weighted by molar-refractivity contribution is 0.0600. The summed E-state index contributed by atoms with van der Waals surface area (Å²) in [6.45, 7) is 3.69. The molecule has 2 amide bonds. The number of carbonyl (C=O) groups is 3. The van der Waals surface area contributed by atoms with E-state index < -0.39 is 23.3 Å². The van der Waals surface area contributed by atoms with Crippen LogP contribution in [0, 0.1) is 6.92 Å². The summed E-state index contributed by atoms with van der Waals surface area (Å²) in [6.07, 6.45) is 0.856. The predicted octanol–water partition coefficient (Wildman–Crippen LogP) is 3.92. The fraction of sp³-hybridized carbons (Fsp3) is 0.160. The van der Waals surface area contributed by atoms with E-state index in [2.05, 4.69) is 20.4 Å². The number of nitrogens with one attached hydrogen (secondary N) is 2. The first-order valence-electron chi connectivity index (χ1n) is 10.7. The third-order valence-electron chi connectivity index (χ3n) is 5.25. The van der Waals surface area contributed by atoms with Crippen LogP contribution in [0.5, 0.6) is 0 Å². The monoisotopic (exact) mass is 490 g/mol. The van der Waals surface area contributed by atoms with Crippen LogP contribution < -0.4 is 16.2 Å². The highest BCUT2D eigenvalue weighted by molar-refractivity contribution is 7.19. The molecular formula is C25H22N4O5S. The van der Waals surface area contributed by atoms with Crippen molar-refractivity contribution in [3.8, 4) is 0 Å². The highest BCUT2D eigenvalue weighted by Gasteiger charge is 2.26. The standard InChI is InChI=1S/C25H22N4O5S/c1-4-15-5-9-17(10-6-15)27-22(31)20-21(35-25-26-14(2)13-19(30)29(20)25)23(32)28-18-11-7-16(8-12-18)24(33)34-3/h5-13H,4H2,1-3H3,(H,27,31)(H,28,32). The molecule has 0 unspecified atom stereocenters. The zero-order chi connectivity index (χ0) is 25.1. The van der Waals surface area contributed by atoms with Crippen LogP contribution in [-0.4, -0.2) is 34.3 Å². The van der Waals surface area contributed by atoms with Gasteiger partial charge in [0.25, 0.3) is 17.4 Å². The van der Waals surface area contributed by atoms with Crippen LogP contribution in [0.3, 0.4) is 0 Å². The zero-order valence-corrected chi connectivity index (χ0v) is 20.1. The lowest BCUT2D eigenvalue weighted by Gasteiger charge is -2.09. The summed E-state index contributed by atoms with van der Waals surface area (Å²) in [5.74, 6) is -1.70. The van der Waals surface area contributed by atoms with Gasteiger partial charge in [0, 0.05) is 23.1 Å². The SMILES string of the molecule is CCc1ccc(NC(=O)c2c(C(=O)Nc3ccc(C(=O)OC)cc3)sc3nc(C)cc(=O)n23)cc1. The number of hydrogen-bond acceptors (Lipinski definition) is 7. The molecule has 0 saturated carbocycles. The Kier molecular flexibility index (Phi) is 6.74. The molecule has 0 fully saturated rings. The van der Waals surface area contributed by atoms with E-state index in [1.54, 1.807) is 31.2 Å². The highest BCUT2D eigenvalue weighted by Crippen LogP contribution is 2.24. The quantitative estimate of drug-likeness (QED) is 0.396. The molecule has 9 nitrogen and oxygen atoms in total. The maximum atomic E-state index is 13.3. The van der Waals surface area contributed by atoms with Crippen LogP contribution in [0.4, 0.5) is 11.4 Å². The van der Waals surface area contributed by atoms with Crippen molar-refractivity contribution in [1.29, 1.82) is 0 Å². The number of esters is 1. The summed E-state index contributed by atoms with van der Waals surface area (Å²) in [6, 6.07) is 14.7. The molecule has 0 aliphatic heterocycles. The van der Waals surface area contributed by atoms with E-state index in [4.69, 9.17) is 0 Å². The Morgan fingerprint density at radius 1 is 0.971 bits per heavy atom. The Labute approximate surface area is 204 Å². The number of rotatable bonds is 6. The number of carbonyl (C=O) groups excluding carboxylic acids is 3. The summed E-state index contributed by atoms with van der Waals surface area (Å²) in [5.41, 5.74) is 2.28. The minimum Gasteiger partial charge on any atom is -0.465 e. The van der Waals surface area contributed by atoms with Crippen molar-refractivity contribution in [3.05, 3.63) is 92.3 Å². The Bertz CT molecular complexity index is 1490. The normalized spacial score (nSPS) is 10.7. The van der Waals surface area contributed by atoms with E-state index in [9.17, 15) is 19.2 Å². The van der Waals surface area contributed by atoms with E-state index in [0.717, 1.165) is 27.7 Å². The Morgan fingerprint density at radius 3 is 2.17 bits per heavy atom. The number of aromatic nitrogens is 2. The Balaban J connectivity index is 1.71. The van der Waals surface area contributed by atoms with Gasteiger partial charge in [0.2, 0.25) is 0 Å². The van der Waals surface area contributed by atoms with Crippen LogP contribution in [-0.2, 0) is 11.2 Å². The first-order valence-corrected chi connectivity index (χ1v) is 11.6. The van der Waals surface area contributed by atoms with Gasteiger partial charge in [0.1, 0.15) is 10.6 Å². The molecule has 2 aromatic heterocycles. The number of methoxy groups -OCH3 is 1. The second-order valence-corrected chi connectivity index (χ2v) is 8.64. The summed E-state index contributed by atoms with van der Waals surface area (Å²) < 4.78 is 5.82. The van der Waals surface area contributed by atoms with Gasteiger partial charge in [-0.15, -0.1) is 0 Å². The van der Waals surface area contributed by atoms with Gasteiger partial charge in [0.15, 0.2) is 4.96 Å². The van der Waals surface area contributed by atoms with E-state index >= 15 is 0 Å². The number of benzene rings is 2. The molecule has 4 rings (SSSR count). The molecule has 0 aliphatic carbocycles. The van der Waals surface area contributed by atoms with Gasteiger partial charge in [-0.1, -0.05) is 30.4 Å². The molecule has 0 spiro atoms. The number of fused-ring (bicyclic) bond motifs is 1. The average Bonchev–Trinajstić information content (AvgIpc) is 3.24. The topological polar surface area (TPSA) is 119 Å². The Hall–Kier alpha value is -4.31. The molecule has 10 heteroatoms. The van der Waals surface area contributed by atoms with Crippen molar-refractivity contribution in [3.63, 3.8) is 0 Å². The van der Waals surface area contributed by atoms with E-state index in [-0.39, 0.29) is 15.5 Å². The number of amides is 2. The molecule has 0 radical (unpaired) electrons. The molecule has 4 aromatic rings. The van der Waals surface area contributed by atoms with E-state index in [1.165, 1.54) is 25.3 Å². The molecule has 35 heavy (non-hydrogen) atoms. The zero-order valence-electron chi connectivity index (χ0n) is 19.2. The minimum absolute atomic E-state index is 0.0277. The minimum atomic E-state index is -0.612. The number of aryl methyl sites for hydroxylation is 2. The average molecular weight is 491 g/mol. The Morgan fingerprint density at radius 2 is 1.57 bits per heavy atom. The van der Waals surface area contributed by atoms with E-state index in [1.807, 2.05) is 19.1 Å². The van der Waals surface area contributed by atoms with Gasteiger partial charge in [-0.05, 0) is 55.3 Å². The third-order valence-corrected chi connectivity index (χ3v) is 6.29. The predicted molar refractivity (Wildman–Crippen MR) is 134 cm³/mol. The van der Waals surface area contributed by atoms with Gasteiger partial charge in [-0.3, -0.25) is 14.4 Å². The fourth-order valence-electron chi connectivity index (χ4n) is 3.45. The fourth-order valence-corrected chi connectivity index (χ4v) is 4.52. The first-order chi connectivity index (χ1) is 16.8. The second-order valence-electron chi connectivity index (χ2n) is 7.66. The number of hydrogen-bond donors (Lipinski definition) is 2. The van der Waals surface area contributed by atoms with Crippen LogP contribution in [0.25, 0.3) is 4.96 Å². The lowest BCUT2D eigenvalue weighted by Crippen LogP contribution is -2.25. The molecule has 0 aliphatic rings. The first kappa shape index (κ1) is 23.8. The van der Waals surface area contributed by atoms with Gasteiger partial charge in [0.05, 0.1) is 12.7 Å². The van der Waals surface area contributed by atoms with E-state index in [0.29, 0.717) is 22.6 Å². The smallest absolute Gasteiger partial charge is 0.337 e. The molecular weight excluding hydrogens is 468 g/mol. The van der Waals surface area contributed by atoms with Crippen LogP contribution >= 0.6 is 11.3 Å². The number of anilines is 2. The third kappa shape index (κ3) is 4.97. The van der Waals surface area contributed by atoms with Gasteiger partial charge in [-0.25, -0.2) is 14.2 Å². The molecule has 0 saturated heterocycles. The number of thiazole rings is 1. The molecule has 178 valence electrons. The maximum absolute atomic E-state index is 13.3. The van der Waals surface area contributed by atoms with Crippen LogP contribution in [0.1, 0.15) is 48.7 Å². The lowest BCUT2D eigenvalue weighted by atomic mass is 10.1. The second kappa shape index (κ2) is 9.90. The van der Waals surface area contributed by atoms with Crippen molar-refractivity contribution < 1.29 is 19.1 Å². The van der Waals surface area contributed by atoms with Gasteiger partial charge in [-0.2, -0.15) is 0 Å². The molecule has 2 N–H and O–H groups in total. The summed E-state index contributed by atoms with van der Waals surface area (Å²) in [5, 5.41) is 5.47. The molecule has 0 bridgehead atoms. The summed E-state index contributed by atoms with van der Waals surface area (Å²) in [7, 11) is 1.28. The number of nitrogens with zero attached hydrogens (tertiary/aromatic N) is 2. The van der Waals surface area contributed by atoms with Crippen molar-refractivity contribution in [2.75, 3.05) is 17.7 Å². The number of ether oxygens (including phenoxy) is 1. The van der Waals surface area contributed by atoms with Crippen molar-refractivity contribution in [2.45, 2.75) is 20.3 Å². The van der Waals surface area contributed by atoms with Crippen molar-refractivity contribution in [1.82, 2.24) is 9.38 Å². The molecule has 2 aromatic carbocycles. The maximum Gasteiger partial charge on any atom is 0.337 e.